The van der Waals surface area contributed by atoms with Gasteiger partial charge >= 0.3 is 0 Å². The van der Waals surface area contributed by atoms with Crippen LogP contribution in [0.15, 0.2) is 12.7 Å². The second-order valence-electron chi connectivity index (χ2n) is 2.71. The SMILES string of the molecule is C=CCC1CC(CCO)OO1. The predicted octanol–water partition coefficient (Wildman–Crippen LogP) is 1.03. The maximum Gasteiger partial charge on any atom is 0.0990 e. The summed E-state index contributed by atoms with van der Waals surface area (Å²) in [4.78, 5) is 9.93. The molecule has 11 heavy (non-hydrogen) atoms. The molecule has 2 atom stereocenters. The molecule has 1 N–H and O–H groups in total. The highest BCUT2D eigenvalue weighted by molar-refractivity contribution is 4.77. The van der Waals surface area contributed by atoms with Gasteiger partial charge < -0.3 is 5.11 Å². The van der Waals surface area contributed by atoms with E-state index in [1.807, 2.05) is 6.08 Å². The van der Waals surface area contributed by atoms with Gasteiger partial charge in [-0.15, -0.1) is 6.58 Å². The van der Waals surface area contributed by atoms with Gasteiger partial charge in [0.1, 0.15) is 0 Å². The molecule has 1 aliphatic rings. The van der Waals surface area contributed by atoms with Crippen molar-refractivity contribution >= 4 is 0 Å². The Balaban J connectivity index is 2.17. The Morgan fingerprint density at radius 1 is 1.45 bits per heavy atom. The number of aliphatic hydroxyl groups excluding tert-OH is 1. The normalized spacial score (nSPS) is 30.6. The van der Waals surface area contributed by atoms with Crippen molar-refractivity contribution in [1.29, 1.82) is 0 Å². The number of hydrogen-bond donors (Lipinski definition) is 1. The molecule has 0 saturated carbocycles. The summed E-state index contributed by atoms with van der Waals surface area (Å²) in [5.41, 5.74) is 0. The fourth-order valence-corrected chi connectivity index (χ4v) is 1.16. The summed E-state index contributed by atoms with van der Waals surface area (Å²) >= 11 is 0. The highest BCUT2D eigenvalue weighted by atomic mass is 17.2. The fourth-order valence-electron chi connectivity index (χ4n) is 1.16. The molecular formula is C8H14O3. The van der Waals surface area contributed by atoms with Gasteiger partial charge in [-0.1, -0.05) is 6.08 Å². The standard InChI is InChI=1S/C8H14O3/c1-2-3-7-6-8(4-5-9)11-10-7/h2,7-9H,1,3-6H2. The van der Waals surface area contributed by atoms with Crippen LogP contribution in [0.5, 0.6) is 0 Å². The van der Waals surface area contributed by atoms with Crippen LogP contribution >= 0.6 is 0 Å². The summed E-state index contributed by atoms with van der Waals surface area (Å²) in [5.74, 6) is 0. The molecule has 0 radical (unpaired) electrons. The molecule has 2 unspecified atom stereocenters. The predicted molar refractivity (Wildman–Crippen MR) is 40.9 cm³/mol. The zero-order valence-electron chi connectivity index (χ0n) is 6.53. The molecule has 1 aliphatic heterocycles. The smallest absolute Gasteiger partial charge is 0.0990 e. The van der Waals surface area contributed by atoms with Crippen molar-refractivity contribution in [2.24, 2.45) is 0 Å². The molecular weight excluding hydrogens is 144 g/mol. The molecule has 1 saturated heterocycles. The zero-order valence-corrected chi connectivity index (χ0v) is 6.53. The van der Waals surface area contributed by atoms with Gasteiger partial charge in [0.25, 0.3) is 0 Å². The van der Waals surface area contributed by atoms with E-state index >= 15 is 0 Å². The molecule has 0 aromatic rings. The van der Waals surface area contributed by atoms with Crippen molar-refractivity contribution in [1.82, 2.24) is 0 Å². The minimum absolute atomic E-state index is 0.0740. The van der Waals surface area contributed by atoms with Crippen LogP contribution in [0.4, 0.5) is 0 Å². The topological polar surface area (TPSA) is 38.7 Å². The molecule has 1 heterocycles. The van der Waals surface area contributed by atoms with Crippen molar-refractivity contribution in [3.63, 3.8) is 0 Å². The highest BCUT2D eigenvalue weighted by Gasteiger charge is 2.25. The van der Waals surface area contributed by atoms with Gasteiger partial charge in [0.2, 0.25) is 0 Å². The molecule has 64 valence electrons. The van der Waals surface area contributed by atoms with Crippen LogP contribution in [-0.4, -0.2) is 23.9 Å². The highest BCUT2D eigenvalue weighted by Crippen LogP contribution is 2.21. The number of aliphatic hydroxyl groups is 1. The summed E-state index contributed by atoms with van der Waals surface area (Å²) in [5, 5.41) is 8.59. The second kappa shape index (κ2) is 4.49. The summed E-state index contributed by atoms with van der Waals surface area (Å²) < 4.78 is 0. The van der Waals surface area contributed by atoms with E-state index in [1.54, 1.807) is 0 Å². The van der Waals surface area contributed by atoms with E-state index in [0.717, 1.165) is 12.8 Å². The zero-order chi connectivity index (χ0) is 8.10. The first-order valence-corrected chi connectivity index (χ1v) is 3.90. The first kappa shape index (κ1) is 8.71. The van der Waals surface area contributed by atoms with Crippen molar-refractivity contribution < 1.29 is 14.9 Å². The van der Waals surface area contributed by atoms with E-state index in [2.05, 4.69) is 6.58 Å². The lowest BCUT2D eigenvalue weighted by atomic mass is 10.1. The Labute approximate surface area is 66.5 Å². The lowest BCUT2D eigenvalue weighted by Gasteiger charge is -2.00. The third-order valence-corrected chi connectivity index (χ3v) is 1.73. The summed E-state index contributed by atoms with van der Waals surface area (Å²) in [6.45, 7) is 3.77. The van der Waals surface area contributed by atoms with Crippen LogP contribution in [0.2, 0.25) is 0 Å². The van der Waals surface area contributed by atoms with E-state index in [9.17, 15) is 0 Å². The molecule has 3 heteroatoms. The van der Waals surface area contributed by atoms with E-state index in [-0.39, 0.29) is 18.8 Å². The van der Waals surface area contributed by atoms with Crippen LogP contribution < -0.4 is 0 Å². The van der Waals surface area contributed by atoms with Gasteiger partial charge in [-0.25, -0.2) is 9.78 Å². The third kappa shape index (κ3) is 2.61. The van der Waals surface area contributed by atoms with Crippen molar-refractivity contribution in [3.8, 4) is 0 Å². The van der Waals surface area contributed by atoms with E-state index < -0.39 is 0 Å². The average Bonchev–Trinajstić information content (AvgIpc) is 2.38. The van der Waals surface area contributed by atoms with E-state index in [4.69, 9.17) is 14.9 Å². The average molecular weight is 158 g/mol. The Morgan fingerprint density at radius 2 is 2.18 bits per heavy atom. The maximum absolute atomic E-state index is 8.59. The third-order valence-electron chi connectivity index (χ3n) is 1.73. The van der Waals surface area contributed by atoms with Gasteiger partial charge in [-0.3, -0.25) is 0 Å². The first-order valence-electron chi connectivity index (χ1n) is 3.90. The molecule has 1 fully saturated rings. The fraction of sp³-hybridized carbons (Fsp3) is 0.750. The van der Waals surface area contributed by atoms with Gasteiger partial charge in [0.05, 0.1) is 12.2 Å². The second-order valence-corrected chi connectivity index (χ2v) is 2.71. The summed E-state index contributed by atoms with van der Waals surface area (Å²) in [7, 11) is 0. The summed E-state index contributed by atoms with van der Waals surface area (Å²) in [6.07, 6.45) is 4.38. The molecule has 0 aromatic carbocycles. The van der Waals surface area contributed by atoms with E-state index in [0.29, 0.717) is 6.42 Å². The van der Waals surface area contributed by atoms with Crippen LogP contribution in [0.25, 0.3) is 0 Å². The number of hydrogen-bond acceptors (Lipinski definition) is 3. The van der Waals surface area contributed by atoms with Crippen LogP contribution in [0.3, 0.4) is 0 Å². The Morgan fingerprint density at radius 3 is 2.82 bits per heavy atom. The van der Waals surface area contributed by atoms with Gasteiger partial charge in [0, 0.05) is 13.0 Å². The van der Waals surface area contributed by atoms with Gasteiger partial charge in [-0.2, -0.15) is 0 Å². The Kier molecular flexibility index (Phi) is 3.56. The molecule has 1 rings (SSSR count). The van der Waals surface area contributed by atoms with Crippen molar-refractivity contribution in [2.75, 3.05) is 6.61 Å². The van der Waals surface area contributed by atoms with Crippen LogP contribution in [-0.2, 0) is 9.78 Å². The molecule has 3 nitrogen and oxygen atoms in total. The minimum atomic E-state index is 0.0740. The minimum Gasteiger partial charge on any atom is -0.396 e. The largest absolute Gasteiger partial charge is 0.396 e. The van der Waals surface area contributed by atoms with Crippen LogP contribution in [0, 0.1) is 0 Å². The quantitative estimate of drug-likeness (QED) is 0.490. The van der Waals surface area contributed by atoms with Crippen molar-refractivity contribution in [3.05, 3.63) is 12.7 Å². The van der Waals surface area contributed by atoms with Gasteiger partial charge in [-0.05, 0) is 12.8 Å². The summed E-state index contributed by atoms with van der Waals surface area (Å²) in [6, 6.07) is 0. The van der Waals surface area contributed by atoms with Crippen LogP contribution in [0.1, 0.15) is 19.3 Å². The molecule has 0 bridgehead atoms. The first-order chi connectivity index (χ1) is 5.36. The van der Waals surface area contributed by atoms with E-state index in [1.165, 1.54) is 0 Å². The Hall–Kier alpha value is -0.380. The van der Waals surface area contributed by atoms with Crippen molar-refractivity contribution in [2.45, 2.75) is 31.5 Å². The number of rotatable bonds is 4. The Bertz CT molecular complexity index is 125. The molecule has 0 amide bonds. The van der Waals surface area contributed by atoms with Gasteiger partial charge in [0.15, 0.2) is 0 Å². The lowest BCUT2D eigenvalue weighted by Crippen LogP contribution is -2.08. The molecule has 0 aliphatic carbocycles. The lowest BCUT2D eigenvalue weighted by molar-refractivity contribution is -0.297. The monoisotopic (exact) mass is 158 g/mol. The molecule has 0 spiro atoms. The maximum atomic E-state index is 8.59. The molecule has 0 aromatic heterocycles.